The van der Waals surface area contributed by atoms with E-state index in [-0.39, 0.29) is 49.2 Å². The summed E-state index contributed by atoms with van der Waals surface area (Å²) in [5.41, 5.74) is 4.45. The molecule has 3 aromatic carbocycles. The lowest BCUT2D eigenvalue weighted by Crippen LogP contribution is -2.50. The van der Waals surface area contributed by atoms with Crippen LogP contribution in [0, 0.1) is 0 Å². The van der Waals surface area contributed by atoms with Crippen LogP contribution < -0.4 is 0 Å². The number of rotatable bonds is 5. The van der Waals surface area contributed by atoms with Crippen LogP contribution in [0.5, 0.6) is 0 Å². The maximum atomic E-state index is 13.0. The zero-order valence-electron chi connectivity index (χ0n) is 18.8. The highest BCUT2D eigenvalue weighted by Crippen LogP contribution is 2.44. The summed E-state index contributed by atoms with van der Waals surface area (Å²) in [6, 6.07) is 21.5. The number of carbonyl (C=O) groups is 2. The fraction of sp³-hybridized carbons (Fsp3) is 0.231. The van der Waals surface area contributed by atoms with Crippen molar-refractivity contribution in [3.05, 3.63) is 89.5 Å². The highest BCUT2D eigenvalue weighted by molar-refractivity contribution is 7.89. The van der Waals surface area contributed by atoms with E-state index in [9.17, 15) is 18.0 Å². The molecule has 0 unspecified atom stereocenters. The number of piperazine rings is 1. The predicted octanol–water partition coefficient (Wildman–Crippen LogP) is 3.64. The number of fused-ring (bicyclic) bond motifs is 3. The summed E-state index contributed by atoms with van der Waals surface area (Å²) in [6.07, 6.45) is -0.475. The Morgan fingerprint density at radius 3 is 2.06 bits per heavy atom. The van der Waals surface area contributed by atoms with Gasteiger partial charge in [0, 0.05) is 32.1 Å². The van der Waals surface area contributed by atoms with Crippen molar-refractivity contribution in [3.63, 3.8) is 0 Å². The van der Waals surface area contributed by atoms with E-state index in [1.807, 2.05) is 24.3 Å². The van der Waals surface area contributed by atoms with Crippen LogP contribution in [0.1, 0.15) is 27.4 Å². The second kappa shape index (κ2) is 9.16. The summed E-state index contributed by atoms with van der Waals surface area (Å²) in [6.45, 7) is 0.782. The maximum Gasteiger partial charge on any atom is 0.409 e. The first-order valence-corrected chi connectivity index (χ1v) is 12.7. The van der Waals surface area contributed by atoms with Crippen LogP contribution in [0.15, 0.2) is 77.7 Å². The summed E-state index contributed by atoms with van der Waals surface area (Å²) in [4.78, 5) is 25.4. The SMILES string of the molecule is O=C(O)c1cccc(S(=O)(=O)N2CCN(C(=O)OCC3c4ccccc4-c4ccccc43)CC2)c1. The van der Waals surface area contributed by atoms with Crippen molar-refractivity contribution in [3.8, 4) is 11.1 Å². The lowest BCUT2D eigenvalue weighted by atomic mass is 9.98. The summed E-state index contributed by atoms with van der Waals surface area (Å²) in [5, 5.41) is 9.15. The van der Waals surface area contributed by atoms with Crippen molar-refractivity contribution in [1.82, 2.24) is 9.21 Å². The van der Waals surface area contributed by atoms with Gasteiger partial charge < -0.3 is 14.7 Å². The molecule has 3 aromatic rings. The van der Waals surface area contributed by atoms with E-state index in [1.165, 1.54) is 27.4 Å². The van der Waals surface area contributed by atoms with E-state index < -0.39 is 22.1 Å². The maximum absolute atomic E-state index is 13.0. The molecule has 5 rings (SSSR count). The number of benzene rings is 3. The van der Waals surface area contributed by atoms with Crippen molar-refractivity contribution in [1.29, 1.82) is 0 Å². The molecule has 0 radical (unpaired) electrons. The number of carbonyl (C=O) groups excluding carboxylic acids is 1. The minimum atomic E-state index is -3.87. The lowest BCUT2D eigenvalue weighted by Gasteiger charge is -2.33. The van der Waals surface area contributed by atoms with Gasteiger partial charge in [-0.2, -0.15) is 4.31 Å². The molecule has 0 atom stereocenters. The van der Waals surface area contributed by atoms with Crippen LogP contribution in [0.25, 0.3) is 11.1 Å². The molecule has 35 heavy (non-hydrogen) atoms. The van der Waals surface area contributed by atoms with Gasteiger partial charge in [0.1, 0.15) is 6.61 Å². The Bertz CT molecular complexity index is 1350. The zero-order chi connectivity index (χ0) is 24.6. The average molecular weight is 493 g/mol. The molecule has 0 bridgehead atoms. The normalized spacial score (nSPS) is 15.9. The van der Waals surface area contributed by atoms with Crippen LogP contribution in [-0.2, 0) is 14.8 Å². The second-order valence-corrected chi connectivity index (χ2v) is 10.5. The third-order valence-corrected chi connectivity index (χ3v) is 8.45. The van der Waals surface area contributed by atoms with E-state index >= 15 is 0 Å². The Morgan fingerprint density at radius 2 is 1.46 bits per heavy atom. The average Bonchev–Trinajstić information content (AvgIpc) is 3.21. The third kappa shape index (κ3) is 4.28. The molecule has 9 heteroatoms. The van der Waals surface area contributed by atoms with E-state index in [2.05, 4.69) is 24.3 Å². The minimum absolute atomic E-state index is 0.0467. The van der Waals surface area contributed by atoms with E-state index in [1.54, 1.807) is 0 Å². The van der Waals surface area contributed by atoms with Gasteiger partial charge in [-0.15, -0.1) is 0 Å². The fourth-order valence-corrected chi connectivity index (χ4v) is 6.20. The van der Waals surface area contributed by atoms with Crippen molar-refractivity contribution in [2.24, 2.45) is 0 Å². The molecular weight excluding hydrogens is 468 g/mol. The largest absolute Gasteiger partial charge is 0.478 e. The number of ether oxygens (including phenoxy) is 1. The Balaban J connectivity index is 1.22. The number of aromatic carboxylic acids is 1. The van der Waals surface area contributed by atoms with Crippen molar-refractivity contribution in [2.45, 2.75) is 10.8 Å². The molecule has 1 N–H and O–H groups in total. The third-order valence-electron chi connectivity index (χ3n) is 6.55. The van der Waals surface area contributed by atoms with Gasteiger partial charge in [-0.3, -0.25) is 0 Å². The Kier molecular flexibility index (Phi) is 6.04. The summed E-state index contributed by atoms with van der Waals surface area (Å²) in [5.74, 6) is -1.24. The van der Waals surface area contributed by atoms with Crippen molar-refractivity contribution < 1.29 is 27.9 Å². The van der Waals surface area contributed by atoms with Crippen molar-refractivity contribution >= 4 is 22.1 Å². The van der Waals surface area contributed by atoms with Gasteiger partial charge in [-0.1, -0.05) is 54.6 Å². The number of amides is 1. The molecular formula is C26H24N2O6S. The van der Waals surface area contributed by atoms with Gasteiger partial charge in [0.15, 0.2) is 0 Å². The highest BCUT2D eigenvalue weighted by atomic mass is 32.2. The molecule has 1 aliphatic heterocycles. The summed E-state index contributed by atoms with van der Waals surface area (Å²) in [7, 11) is -3.87. The van der Waals surface area contributed by atoms with Gasteiger partial charge >= 0.3 is 12.1 Å². The lowest BCUT2D eigenvalue weighted by molar-refractivity contribution is 0.0696. The van der Waals surface area contributed by atoms with Gasteiger partial charge in [0.2, 0.25) is 10.0 Å². The van der Waals surface area contributed by atoms with Gasteiger partial charge in [0.05, 0.1) is 10.5 Å². The van der Waals surface area contributed by atoms with Crippen LogP contribution in [0.2, 0.25) is 0 Å². The van der Waals surface area contributed by atoms with Crippen LogP contribution in [0.4, 0.5) is 4.79 Å². The summed E-state index contributed by atoms with van der Waals surface area (Å²) >= 11 is 0. The van der Waals surface area contributed by atoms with Crippen LogP contribution in [-0.4, -0.2) is 67.6 Å². The van der Waals surface area contributed by atoms with Gasteiger partial charge in [-0.05, 0) is 40.5 Å². The number of sulfonamides is 1. The Morgan fingerprint density at radius 1 is 0.857 bits per heavy atom. The molecule has 1 aliphatic carbocycles. The number of hydrogen-bond acceptors (Lipinski definition) is 5. The first-order valence-electron chi connectivity index (χ1n) is 11.3. The quantitative estimate of drug-likeness (QED) is 0.583. The molecule has 0 saturated carbocycles. The number of carboxylic acids is 1. The molecule has 1 amide bonds. The molecule has 0 spiro atoms. The molecule has 8 nitrogen and oxygen atoms in total. The molecule has 180 valence electrons. The zero-order valence-corrected chi connectivity index (χ0v) is 19.6. The molecule has 0 aromatic heterocycles. The van der Waals surface area contributed by atoms with Gasteiger partial charge in [-0.25, -0.2) is 18.0 Å². The van der Waals surface area contributed by atoms with Crippen molar-refractivity contribution in [2.75, 3.05) is 32.8 Å². The fourth-order valence-electron chi connectivity index (χ4n) is 4.73. The summed E-state index contributed by atoms with van der Waals surface area (Å²) < 4.78 is 32.9. The van der Waals surface area contributed by atoms with E-state index in [0.29, 0.717) is 0 Å². The molecule has 2 aliphatic rings. The van der Waals surface area contributed by atoms with E-state index in [0.717, 1.165) is 28.3 Å². The molecule has 1 heterocycles. The molecule has 1 fully saturated rings. The first kappa shape index (κ1) is 23.1. The highest BCUT2D eigenvalue weighted by Gasteiger charge is 2.33. The number of nitrogens with zero attached hydrogens (tertiary/aromatic N) is 2. The molecule has 1 saturated heterocycles. The monoisotopic (exact) mass is 492 g/mol. The van der Waals surface area contributed by atoms with Gasteiger partial charge in [0.25, 0.3) is 0 Å². The van der Waals surface area contributed by atoms with Crippen LogP contribution >= 0.6 is 0 Å². The standard InChI is InChI=1S/C26H24N2O6S/c29-25(30)18-6-5-7-19(16-18)35(32,33)28-14-12-27(13-15-28)26(31)34-17-24-22-10-3-1-8-20(22)21-9-2-4-11-23(21)24/h1-11,16,24H,12-15,17H2,(H,29,30). The first-order chi connectivity index (χ1) is 16.9. The predicted molar refractivity (Wildman–Crippen MR) is 129 cm³/mol. The van der Waals surface area contributed by atoms with E-state index in [4.69, 9.17) is 9.84 Å². The van der Waals surface area contributed by atoms with Crippen LogP contribution in [0.3, 0.4) is 0 Å². The topological polar surface area (TPSA) is 104 Å². The number of hydrogen-bond donors (Lipinski definition) is 1. The second-order valence-electron chi connectivity index (χ2n) is 8.53. The smallest absolute Gasteiger partial charge is 0.409 e. The Labute approximate surface area is 203 Å². The minimum Gasteiger partial charge on any atom is -0.478 e. The Hall–Kier alpha value is -3.69. The number of carboxylic acid groups (broad SMARTS) is 1.